The van der Waals surface area contributed by atoms with Crippen LogP contribution >= 0.6 is 33.9 Å². The number of rotatable bonds is 4. The molecule has 19 heavy (non-hydrogen) atoms. The lowest BCUT2D eigenvalue weighted by molar-refractivity contribution is 0.682. The molecule has 0 spiro atoms. The summed E-state index contributed by atoms with van der Waals surface area (Å²) in [6.45, 7) is 1.75. The smallest absolute Gasteiger partial charge is 0.0677 e. The monoisotopic (exact) mass is 383 g/mol. The van der Waals surface area contributed by atoms with Crippen LogP contribution in [0.3, 0.4) is 0 Å². The Morgan fingerprint density at radius 3 is 2.95 bits per heavy atom. The molecule has 0 radical (unpaired) electrons. The van der Waals surface area contributed by atoms with Gasteiger partial charge in [-0.3, -0.25) is 4.68 Å². The van der Waals surface area contributed by atoms with E-state index in [-0.39, 0.29) is 0 Å². The Labute approximate surface area is 129 Å². The highest BCUT2D eigenvalue weighted by atomic mass is 127. The van der Waals surface area contributed by atoms with Crippen LogP contribution < -0.4 is 5.32 Å². The number of halogens is 1. The minimum atomic E-state index is 0.837. The predicted molar refractivity (Wildman–Crippen MR) is 88.6 cm³/mol. The van der Waals surface area contributed by atoms with E-state index < -0.39 is 0 Å². The Balaban J connectivity index is 2.06. The van der Waals surface area contributed by atoms with E-state index in [1.807, 2.05) is 29.3 Å². The third-order valence-corrected chi connectivity index (χ3v) is 4.81. The number of benzene rings is 1. The van der Waals surface area contributed by atoms with E-state index in [9.17, 15) is 0 Å². The summed E-state index contributed by atoms with van der Waals surface area (Å²) in [7, 11) is 1.99. The molecule has 0 aliphatic rings. The van der Waals surface area contributed by atoms with Gasteiger partial charge in [-0.15, -0.1) is 11.3 Å². The van der Waals surface area contributed by atoms with Crippen LogP contribution in [0.25, 0.3) is 10.1 Å². The molecule has 0 amide bonds. The van der Waals surface area contributed by atoms with Crippen LogP contribution in [0.1, 0.15) is 10.4 Å². The Morgan fingerprint density at radius 1 is 1.37 bits per heavy atom. The van der Waals surface area contributed by atoms with Crippen LogP contribution in [-0.2, 0) is 13.1 Å². The zero-order valence-electron chi connectivity index (χ0n) is 10.6. The Bertz CT molecular complexity index is 702. The normalized spacial score (nSPS) is 11.3. The van der Waals surface area contributed by atoms with E-state index >= 15 is 0 Å². The summed E-state index contributed by atoms with van der Waals surface area (Å²) in [6, 6.07) is 8.60. The molecule has 0 atom stereocenters. The van der Waals surface area contributed by atoms with Gasteiger partial charge in [0.25, 0.3) is 0 Å². The molecule has 0 fully saturated rings. The average Bonchev–Trinajstić information content (AvgIpc) is 2.96. The van der Waals surface area contributed by atoms with Crippen LogP contribution in [0.2, 0.25) is 0 Å². The van der Waals surface area contributed by atoms with Crippen molar-refractivity contribution in [2.75, 3.05) is 7.05 Å². The first-order valence-corrected chi connectivity index (χ1v) is 7.99. The molecule has 2 aromatic heterocycles. The zero-order valence-corrected chi connectivity index (χ0v) is 13.5. The molecule has 1 N–H and O–H groups in total. The minimum absolute atomic E-state index is 0.837. The first-order chi connectivity index (χ1) is 9.28. The van der Waals surface area contributed by atoms with Crippen molar-refractivity contribution in [3.05, 3.63) is 50.7 Å². The van der Waals surface area contributed by atoms with Gasteiger partial charge < -0.3 is 5.32 Å². The molecule has 0 bridgehead atoms. The third-order valence-electron chi connectivity index (χ3n) is 3.04. The highest BCUT2D eigenvalue weighted by Gasteiger charge is 2.12. The molecule has 5 heteroatoms. The lowest BCUT2D eigenvalue weighted by atomic mass is 10.1. The maximum absolute atomic E-state index is 4.39. The quantitative estimate of drug-likeness (QED) is 0.700. The van der Waals surface area contributed by atoms with Gasteiger partial charge in [0.1, 0.15) is 0 Å². The fourth-order valence-electron chi connectivity index (χ4n) is 2.21. The zero-order chi connectivity index (χ0) is 13.2. The molecule has 3 nitrogen and oxygen atoms in total. The third kappa shape index (κ3) is 2.68. The van der Waals surface area contributed by atoms with Crippen LogP contribution in [0.5, 0.6) is 0 Å². The first kappa shape index (κ1) is 13.1. The Morgan fingerprint density at radius 2 is 2.21 bits per heavy atom. The highest BCUT2D eigenvalue weighted by molar-refractivity contribution is 14.1. The van der Waals surface area contributed by atoms with E-state index in [0.29, 0.717) is 0 Å². The molecule has 1 aromatic carbocycles. The van der Waals surface area contributed by atoms with Gasteiger partial charge in [-0.05, 0) is 46.7 Å². The van der Waals surface area contributed by atoms with Crippen molar-refractivity contribution < 1.29 is 0 Å². The topological polar surface area (TPSA) is 29.9 Å². The van der Waals surface area contributed by atoms with Crippen LogP contribution in [0, 0.1) is 3.57 Å². The number of fused-ring (bicyclic) bond motifs is 1. The van der Waals surface area contributed by atoms with E-state index in [1.54, 1.807) is 0 Å². The number of nitrogens with zero attached hydrogens (tertiary/aromatic N) is 2. The lowest BCUT2D eigenvalue weighted by Crippen LogP contribution is -2.08. The number of aromatic nitrogens is 2. The van der Waals surface area contributed by atoms with Gasteiger partial charge in [0.15, 0.2) is 0 Å². The summed E-state index contributed by atoms with van der Waals surface area (Å²) >= 11 is 4.16. The highest BCUT2D eigenvalue weighted by Crippen LogP contribution is 2.31. The predicted octanol–water partition coefficient (Wildman–Crippen LogP) is 3.47. The van der Waals surface area contributed by atoms with Crippen molar-refractivity contribution in [1.82, 2.24) is 15.1 Å². The Kier molecular flexibility index (Phi) is 3.86. The fourth-order valence-corrected chi connectivity index (χ4v) is 3.89. The molecule has 3 rings (SSSR count). The van der Waals surface area contributed by atoms with Gasteiger partial charge in [0.05, 0.1) is 16.3 Å². The van der Waals surface area contributed by atoms with Crippen LogP contribution in [0.15, 0.2) is 36.7 Å². The van der Waals surface area contributed by atoms with Gasteiger partial charge in [-0.25, -0.2) is 0 Å². The lowest BCUT2D eigenvalue weighted by Gasteiger charge is -2.05. The number of nitrogens with one attached hydrogen (secondary N) is 1. The maximum atomic E-state index is 4.39. The molecule has 0 aliphatic heterocycles. The van der Waals surface area contributed by atoms with Gasteiger partial charge in [0, 0.05) is 22.3 Å². The van der Waals surface area contributed by atoms with Crippen LogP contribution in [-0.4, -0.2) is 16.8 Å². The fraction of sp³-hybridized carbons (Fsp3) is 0.214. The van der Waals surface area contributed by atoms with E-state index in [4.69, 9.17) is 0 Å². The minimum Gasteiger partial charge on any atom is -0.315 e. The molecule has 0 saturated heterocycles. The molecule has 0 saturated carbocycles. The van der Waals surface area contributed by atoms with Crippen molar-refractivity contribution in [2.24, 2.45) is 0 Å². The standard InChI is InChI=1S/C14H14IN3S/c1-16-7-14-12(9-18-8-10(15)6-17-18)11-4-2-3-5-13(11)19-14/h2-6,8,16H,7,9H2,1H3. The van der Waals surface area contributed by atoms with Gasteiger partial charge in [0.2, 0.25) is 0 Å². The summed E-state index contributed by atoms with van der Waals surface area (Å²) in [5, 5.41) is 9.00. The molecule has 98 valence electrons. The molecule has 0 aliphatic carbocycles. The average molecular weight is 383 g/mol. The second kappa shape index (κ2) is 5.60. The van der Waals surface area contributed by atoms with Crippen molar-refractivity contribution in [3.63, 3.8) is 0 Å². The molecule has 0 unspecified atom stereocenters. The second-order valence-corrected chi connectivity index (χ2v) is 6.77. The first-order valence-electron chi connectivity index (χ1n) is 6.10. The van der Waals surface area contributed by atoms with Crippen LogP contribution in [0.4, 0.5) is 0 Å². The SMILES string of the molecule is CNCc1sc2ccccc2c1Cn1cc(I)cn1. The summed E-state index contributed by atoms with van der Waals surface area (Å²) < 4.78 is 4.53. The van der Waals surface area contributed by atoms with Gasteiger partial charge in [-0.1, -0.05) is 18.2 Å². The summed E-state index contributed by atoms with van der Waals surface area (Å²) in [5.41, 5.74) is 1.38. The largest absolute Gasteiger partial charge is 0.315 e. The van der Waals surface area contributed by atoms with Crippen molar-refractivity contribution in [3.8, 4) is 0 Å². The van der Waals surface area contributed by atoms with E-state index in [0.717, 1.165) is 13.1 Å². The Hall–Kier alpha value is -0.920. The molecular weight excluding hydrogens is 369 g/mol. The molecule has 3 aromatic rings. The molecule has 2 heterocycles. The summed E-state index contributed by atoms with van der Waals surface area (Å²) in [4.78, 5) is 1.40. The number of hydrogen-bond donors (Lipinski definition) is 1. The van der Waals surface area contributed by atoms with Crippen molar-refractivity contribution in [2.45, 2.75) is 13.1 Å². The van der Waals surface area contributed by atoms with Crippen molar-refractivity contribution in [1.29, 1.82) is 0 Å². The van der Waals surface area contributed by atoms with Gasteiger partial charge >= 0.3 is 0 Å². The van der Waals surface area contributed by atoms with E-state index in [1.165, 1.54) is 24.1 Å². The summed E-state index contributed by atoms with van der Waals surface area (Å²) in [5.74, 6) is 0. The number of hydrogen-bond acceptors (Lipinski definition) is 3. The maximum Gasteiger partial charge on any atom is 0.0677 e. The summed E-state index contributed by atoms with van der Waals surface area (Å²) in [6.07, 6.45) is 3.98. The van der Waals surface area contributed by atoms with Gasteiger partial charge in [-0.2, -0.15) is 5.10 Å². The van der Waals surface area contributed by atoms with Crippen molar-refractivity contribution >= 4 is 44.0 Å². The number of thiophene rings is 1. The second-order valence-electron chi connectivity index (χ2n) is 4.39. The van der Waals surface area contributed by atoms with E-state index in [2.05, 4.69) is 63.5 Å². The molecular formula is C14H14IN3S.